The van der Waals surface area contributed by atoms with Gasteiger partial charge in [0.05, 0.1) is 9.72 Å². The Morgan fingerprint density at radius 2 is 1.30 bits per heavy atom. The highest BCUT2D eigenvalue weighted by molar-refractivity contribution is 5.53. The third-order valence-corrected chi connectivity index (χ3v) is 1.46. The number of nitrogens with zero attached hydrogens (tertiary/aromatic N) is 2. The second-order valence-corrected chi connectivity index (χ2v) is 2.03. The predicted molar refractivity (Wildman–Crippen MR) is 33.0 cm³/mol. The van der Waals surface area contributed by atoms with Crippen LogP contribution in [-0.4, -0.2) is 9.72 Å². The summed E-state index contributed by atoms with van der Waals surface area (Å²) in [4.78, 5) is 0.630. The molecule has 10 heavy (non-hydrogen) atoms. The van der Waals surface area contributed by atoms with E-state index in [0.29, 0.717) is 21.1 Å². The fourth-order valence-corrected chi connectivity index (χ4v) is 0.939. The minimum Gasteiger partial charge on any atom is -0.560 e. The first-order valence-corrected chi connectivity index (χ1v) is 2.84. The molecule has 4 nitrogen and oxygen atoms in total. The Morgan fingerprint density at radius 1 is 0.900 bits per heavy atom. The topological polar surface area (TPSA) is 52.1 Å². The fraction of sp³-hybridized carbons (Fsp3) is 0. The Labute approximate surface area is 56.8 Å². The quantitative estimate of drug-likeness (QED) is 0.400. The molecule has 1 aliphatic rings. The van der Waals surface area contributed by atoms with E-state index in [1.54, 1.807) is 24.3 Å². The smallest absolute Gasteiger partial charge is 0.366 e. The molecule has 0 N–H and O–H groups in total. The van der Waals surface area contributed by atoms with Crippen molar-refractivity contribution < 1.29 is 9.72 Å². The van der Waals surface area contributed by atoms with Crippen LogP contribution >= 0.6 is 0 Å². The number of benzene rings is 1. The summed E-state index contributed by atoms with van der Waals surface area (Å²) in [6.07, 6.45) is 0. The third-order valence-electron chi connectivity index (χ3n) is 1.46. The van der Waals surface area contributed by atoms with Gasteiger partial charge in [0.15, 0.2) is 0 Å². The zero-order valence-corrected chi connectivity index (χ0v) is 5.02. The van der Waals surface area contributed by atoms with Crippen LogP contribution in [0.15, 0.2) is 24.3 Å². The van der Waals surface area contributed by atoms with E-state index in [9.17, 15) is 10.4 Å². The van der Waals surface area contributed by atoms with Crippen molar-refractivity contribution in [2.75, 3.05) is 0 Å². The van der Waals surface area contributed by atoms with E-state index in [-0.39, 0.29) is 0 Å². The molecular formula is C6H4N2O2. The van der Waals surface area contributed by atoms with Crippen molar-refractivity contribution in [1.82, 2.24) is 0 Å². The van der Waals surface area contributed by atoms with Crippen molar-refractivity contribution >= 4 is 11.4 Å². The van der Waals surface area contributed by atoms with Crippen LogP contribution in [0, 0.1) is 10.4 Å². The first-order valence-electron chi connectivity index (χ1n) is 2.84. The van der Waals surface area contributed by atoms with E-state index in [0.717, 1.165) is 0 Å². The van der Waals surface area contributed by atoms with Gasteiger partial charge in [-0.2, -0.15) is 0 Å². The number of azo groups is 1. The fourth-order valence-electron chi connectivity index (χ4n) is 0.939. The summed E-state index contributed by atoms with van der Waals surface area (Å²) in [6, 6.07) is 6.65. The molecule has 0 spiro atoms. The molecule has 2 rings (SSSR count). The van der Waals surface area contributed by atoms with Crippen LogP contribution in [0.1, 0.15) is 0 Å². The molecule has 0 bridgehead atoms. The number of hydrogen-bond acceptors (Lipinski definition) is 2. The van der Waals surface area contributed by atoms with Crippen molar-refractivity contribution in [2.45, 2.75) is 0 Å². The SMILES string of the molecule is [O-][N+]1=[N+]([O-])c2ccccc21. The van der Waals surface area contributed by atoms with Crippen LogP contribution < -0.4 is 0 Å². The Morgan fingerprint density at radius 3 is 1.70 bits per heavy atom. The van der Waals surface area contributed by atoms with Crippen LogP contribution in [0.25, 0.3) is 0 Å². The number of para-hydroxylation sites is 2. The molecule has 1 aromatic rings. The van der Waals surface area contributed by atoms with E-state index >= 15 is 0 Å². The molecule has 1 aromatic carbocycles. The van der Waals surface area contributed by atoms with Gasteiger partial charge in [0.1, 0.15) is 0 Å². The van der Waals surface area contributed by atoms with Gasteiger partial charge in [-0.05, 0) is 0 Å². The summed E-state index contributed by atoms with van der Waals surface area (Å²) >= 11 is 0. The Balaban J connectivity index is 2.62. The first-order chi connectivity index (χ1) is 4.80. The zero-order chi connectivity index (χ0) is 7.14. The predicted octanol–water partition coefficient (Wildman–Crippen LogP) is 1.44. The van der Waals surface area contributed by atoms with Gasteiger partial charge in [-0.25, -0.2) is 0 Å². The molecule has 50 valence electrons. The maximum absolute atomic E-state index is 10.6. The van der Waals surface area contributed by atoms with E-state index in [1.165, 1.54) is 0 Å². The van der Waals surface area contributed by atoms with Crippen LogP contribution in [0.3, 0.4) is 0 Å². The standard InChI is InChI=1S/C6H4N2O2/c9-7-5-3-1-2-4-6(5)8(7)10/h1-4H. The average Bonchev–Trinajstić information content (AvgIpc) is 2.03. The van der Waals surface area contributed by atoms with Gasteiger partial charge in [0.25, 0.3) is 0 Å². The molecule has 0 radical (unpaired) electrons. The minimum absolute atomic E-state index is 0.315. The molecule has 0 atom stereocenters. The van der Waals surface area contributed by atoms with Gasteiger partial charge in [-0.1, -0.05) is 12.1 Å². The first kappa shape index (κ1) is 5.22. The van der Waals surface area contributed by atoms with E-state index in [1.807, 2.05) is 0 Å². The number of hydrogen-bond donors (Lipinski definition) is 0. The minimum atomic E-state index is 0.315. The summed E-state index contributed by atoms with van der Waals surface area (Å²) in [6.45, 7) is 0. The summed E-state index contributed by atoms with van der Waals surface area (Å²) in [7, 11) is 0. The summed E-state index contributed by atoms with van der Waals surface area (Å²) in [5, 5.41) is 21.2. The molecule has 1 heterocycles. The van der Waals surface area contributed by atoms with Crippen molar-refractivity contribution in [3.8, 4) is 0 Å². The highest BCUT2D eigenvalue weighted by Crippen LogP contribution is 2.33. The molecule has 0 fully saturated rings. The largest absolute Gasteiger partial charge is 0.560 e. The maximum atomic E-state index is 10.6. The monoisotopic (exact) mass is 136 g/mol. The van der Waals surface area contributed by atoms with Crippen LogP contribution in [0.2, 0.25) is 0 Å². The van der Waals surface area contributed by atoms with Crippen molar-refractivity contribution in [1.29, 1.82) is 0 Å². The summed E-state index contributed by atoms with van der Waals surface area (Å²) in [5.41, 5.74) is 0.884. The Hall–Kier alpha value is -1.58. The molecule has 1 aliphatic heterocycles. The van der Waals surface area contributed by atoms with E-state index in [4.69, 9.17) is 0 Å². The van der Waals surface area contributed by atoms with E-state index < -0.39 is 0 Å². The average molecular weight is 136 g/mol. The second-order valence-electron chi connectivity index (χ2n) is 2.03. The lowest BCUT2D eigenvalue weighted by Crippen LogP contribution is -2.18. The molecule has 0 unspecified atom stereocenters. The van der Waals surface area contributed by atoms with Crippen molar-refractivity contribution in [3.63, 3.8) is 0 Å². The number of fused-ring (bicyclic) bond motifs is 1. The second kappa shape index (κ2) is 1.47. The highest BCUT2D eigenvalue weighted by Gasteiger charge is 2.36. The molecular weight excluding hydrogens is 132 g/mol. The molecule has 0 amide bonds. The van der Waals surface area contributed by atoms with Crippen LogP contribution in [0.4, 0.5) is 11.4 Å². The Kier molecular flexibility index (Phi) is 0.768. The van der Waals surface area contributed by atoms with Crippen LogP contribution in [0.5, 0.6) is 0 Å². The summed E-state index contributed by atoms with van der Waals surface area (Å²) in [5.74, 6) is 0. The molecule has 0 saturated carbocycles. The molecule has 0 saturated heterocycles. The van der Waals surface area contributed by atoms with Gasteiger partial charge in [0, 0.05) is 12.1 Å². The van der Waals surface area contributed by atoms with Crippen molar-refractivity contribution in [3.05, 3.63) is 34.7 Å². The maximum Gasteiger partial charge on any atom is 0.366 e. The lowest BCUT2D eigenvalue weighted by molar-refractivity contribution is -0.928. The van der Waals surface area contributed by atoms with Gasteiger partial charge in [-0.15, -0.1) is 0 Å². The zero-order valence-electron chi connectivity index (χ0n) is 5.02. The summed E-state index contributed by atoms with van der Waals surface area (Å²) < 4.78 is 0. The third kappa shape index (κ3) is 0.411. The van der Waals surface area contributed by atoms with Gasteiger partial charge in [-0.3, -0.25) is 0 Å². The van der Waals surface area contributed by atoms with E-state index in [2.05, 4.69) is 0 Å². The van der Waals surface area contributed by atoms with Crippen molar-refractivity contribution in [2.24, 2.45) is 0 Å². The lowest BCUT2D eigenvalue weighted by Gasteiger charge is -2.09. The molecule has 0 aromatic heterocycles. The highest BCUT2D eigenvalue weighted by atomic mass is 16.6. The lowest BCUT2D eigenvalue weighted by atomic mass is 10.2. The molecule has 0 aliphatic carbocycles. The van der Waals surface area contributed by atoms with Gasteiger partial charge >= 0.3 is 11.4 Å². The van der Waals surface area contributed by atoms with Gasteiger partial charge < -0.3 is 10.4 Å². The molecule has 4 heteroatoms. The van der Waals surface area contributed by atoms with Crippen LogP contribution in [-0.2, 0) is 0 Å². The van der Waals surface area contributed by atoms with Gasteiger partial charge in [0.2, 0.25) is 0 Å². The normalized spacial score (nSPS) is 14.4. The number of rotatable bonds is 0. The Bertz CT molecular complexity index is 288.